The van der Waals surface area contributed by atoms with Crippen molar-refractivity contribution < 1.29 is 4.39 Å². The third-order valence-electron chi connectivity index (χ3n) is 2.92. The number of nitrogens with two attached hydrogens (primary N) is 1. The molecule has 17 heavy (non-hydrogen) atoms. The molecule has 0 spiro atoms. The Hall–Kier alpha value is -1.68. The molecule has 0 bridgehead atoms. The summed E-state index contributed by atoms with van der Waals surface area (Å²) in [5.74, 6) is 0.369. The van der Waals surface area contributed by atoms with Crippen LogP contribution < -0.4 is 5.73 Å². The molecule has 2 aromatic rings. The first-order valence-electron chi connectivity index (χ1n) is 5.68. The van der Waals surface area contributed by atoms with Crippen LogP contribution in [0.4, 0.5) is 4.39 Å². The van der Waals surface area contributed by atoms with Crippen molar-refractivity contribution in [3.05, 3.63) is 54.1 Å². The first-order chi connectivity index (χ1) is 8.22. The molecule has 1 aromatic heterocycles. The van der Waals surface area contributed by atoms with E-state index in [9.17, 15) is 0 Å². The third kappa shape index (κ3) is 1.96. The van der Waals surface area contributed by atoms with Crippen molar-refractivity contribution >= 4 is 0 Å². The monoisotopic (exact) mass is 233 g/mol. The van der Waals surface area contributed by atoms with Crippen molar-refractivity contribution in [2.75, 3.05) is 6.54 Å². The Morgan fingerprint density at radius 3 is 2.65 bits per heavy atom. The maximum atomic E-state index is 15.1. The highest BCUT2D eigenvalue weighted by atomic mass is 19.1. The van der Waals surface area contributed by atoms with Gasteiger partial charge < -0.3 is 10.3 Å². The van der Waals surface area contributed by atoms with Crippen LogP contribution in [-0.2, 0) is 12.2 Å². The van der Waals surface area contributed by atoms with Crippen molar-refractivity contribution in [3.63, 3.8) is 0 Å². The molecule has 1 atom stereocenters. The molecule has 1 heterocycles. The Morgan fingerprint density at radius 1 is 1.35 bits per heavy atom. The van der Waals surface area contributed by atoms with Gasteiger partial charge in [0, 0.05) is 25.5 Å². The summed E-state index contributed by atoms with van der Waals surface area (Å²) in [6, 6.07) is 8.94. The van der Waals surface area contributed by atoms with Gasteiger partial charge in [-0.3, -0.25) is 0 Å². The lowest BCUT2D eigenvalue weighted by Gasteiger charge is -2.24. The molecule has 0 saturated heterocycles. The van der Waals surface area contributed by atoms with E-state index in [1.807, 2.05) is 13.0 Å². The average Bonchev–Trinajstić information content (AvgIpc) is 2.87. The lowest BCUT2D eigenvalue weighted by Crippen LogP contribution is -2.34. The van der Waals surface area contributed by atoms with Gasteiger partial charge in [-0.2, -0.15) is 0 Å². The Bertz CT molecular complexity index is 480. The van der Waals surface area contributed by atoms with E-state index < -0.39 is 5.67 Å². The minimum absolute atomic E-state index is 0.117. The average molecular weight is 233 g/mol. The summed E-state index contributed by atoms with van der Waals surface area (Å²) in [5, 5.41) is 0. The number of halogens is 1. The minimum Gasteiger partial charge on any atom is -0.332 e. The van der Waals surface area contributed by atoms with Crippen LogP contribution >= 0.6 is 0 Å². The molecule has 0 amide bonds. The number of nitrogens with zero attached hydrogens (tertiary/aromatic N) is 2. The van der Waals surface area contributed by atoms with Crippen LogP contribution in [0, 0.1) is 0 Å². The number of imidazole rings is 1. The van der Waals surface area contributed by atoms with E-state index in [4.69, 9.17) is 5.73 Å². The highest BCUT2D eigenvalue weighted by molar-refractivity contribution is 5.30. The zero-order valence-corrected chi connectivity index (χ0v) is 9.81. The smallest absolute Gasteiger partial charge is 0.205 e. The molecule has 2 rings (SSSR count). The topological polar surface area (TPSA) is 43.8 Å². The maximum absolute atomic E-state index is 15.1. The first kappa shape index (κ1) is 11.8. The molecule has 0 aliphatic rings. The minimum atomic E-state index is -1.72. The quantitative estimate of drug-likeness (QED) is 0.878. The predicted octanol–water partition coefficient (Wildman–Crippen LogP) is 2.07. The molecule has 0 radical (unpaired) electrons. The summed E-state index contributed by atoms with van der Waals surface area (Å²) in [6.07, 6.45) is 3.37. The highest BCUT2D eigenvalue weighted by Gasteiger charge is 2.36. The second-order valence-corrected chi connectivity index (χ2v) is 3.91. The number of hydrogen-bond acceptors (Lipinski definition) is 2. The number of benzene rings is 1. The van der Waals surface area contributed by atoms with Crippen LogP contribution in [0.1, 0.15) is 18.3 Å². The molecule has 1 unspecified atom stereocenters. The standard InChI is InChI=1S/C13H16FN3/c1-2-17-9-8-16-12(17)13(14,10-15)11-6-4-3-5-7-11/h3-9H,2,10,15H2,1H3. The molecule has 90 valence electrons. The summed E-state index contributed by atoms with van der Waals surface area (Å²) in [4.78, 5) is 4.11. The first-order valence-corrected chi connectivity index (χ1v) is 5.68. The van der Waals surface area contributed by atoms with Crippen LogP contribution in [-0.4, -0.2) is 16.1 Å². The van der Waals surface area contributed by atoms with Gasteiger partial charge in [-0.15, -0.1) is 0 Å². The molecule has 4 heteroatoms. The van der Waals surface area contributed by atoms with Crippen LogP contribution in [0.15, 0.2) is 42.7 Å². The maximum Gasteiger partial charge on any atom is 0.205 e. The Labute approximate surface area is 100 Å². The summed E-state index contributed by atoms with van der Waals surface area (Å²) >= 11 is 0. The number of hydrogen-bond donors (Lipinski definition) is 1. The number of alkyl halides is 1. The van der Waals surface area contributed by atoms with E-state index in [1.165, 1.54) is 0 Å². The molecular formula is C13H16FN3. The van der Waals surface area contributed by atoms with Crippen LogP contribution in [0.2, 0.25) is 0 Å². The van der Waals surface area contributed by atoms with E-state index in [1.54, 1.807) is 41.2 Å². The fourth-order valence-corrected chi connectivity index (χ4v) is 1.95. The van der Waals surface area contributed by atoms with E-state index in [0.29, 0.717) is 17.9 Å². The fourth-order valence-electron chi connectivity index (χ4n) is 1.95. The van der Waals surface area contributed by atoms with E-state index >= 15 is 4.39 Å². The molecule has 3 nitrogen and oxygen atoms in total. The van der Waals surface area contributed by atoms with E-state index in [2.05, 4.69) is 4.98 Å². The number of aryl methyl sites for hydroxylation is 1. The molecular weight excluding hydrogens is 217 g/mol. The van der Waals surface area contributed by atoms with Crippen molar-refractivity contribution in [1.82, 2.24) is 9.55 Å². The van der Waals surface area contributed by atoms with Gasteiger partial charge in [0.2, 0.25) is 5.67 Å². The number of rotatable bonds is 4. The van der Waals surface area contributed by atoms with Crippen LogP contribution in [0.5, 0.6) is 0 Å². The molecule has 0 saturated carbocycles. The fraction of sp³-hybridized carbons (Fsp3) is 0.308. The van der Waals surface area contributed by atoms with Gasteiger partial charge in [0.1, 0.15) is 0 Å². The van der Waals surface area contributed by atoms with Crippen LogP contribution in [0.3, 0.4) is 0 Å². The lowest BCUT2D eigenvalue weighted by molar-refractivity contribution is 0.211. The molecule has 0 fully saturated rings. The van der Waals surface area contributed by atoms with Gasteiger partial charge in [-0.05, 0) is 12.5 Å². The van der Waals surface area contributed by atoms with Crippen molar-refractivity contribution in [3.8, 4) is 0 Å². The van der Waals surface area contributed by atoms with Gasteiger partial charge >= 0.3 is 0 Å². The number of aromatic nitrogens is 2. The lowest BCUT2D eigenvalue weighted by atomic mass is 9.95. The van der Waals surface area contributed by atoms with Gasteiger partial charge in [0.15, 0.2) is 5.82 Å². The van der Waals surface area contributed by atoms with Crippen molar-refractivity contribution in [2.24, 2.45) is 5.73 Å². The van der Waals surface area contributed by atoms with E-state index in [-0.39, 0.29) is 6.54 Å². The Kier molecular flexibility index (Phi) is 3.24. The zero-order valence-electron chi connectivity index (χ0n) is 9.81. The highest BCUT2D eigenvalue weighted by Crippen LogP contribution is 2.31. The zero-order chi connectivity index (χ0) is 12.3. The molecule has 0 aliphatic heterocycles. The SMILES string of the molecule is CCn1ccnc1C(F)(CN)c1ccccc1. The van der Waals surface area contributed by atoms with Gasteiger partial charge in [0.05, 0.1) is 0 Å². The normalized spacial score (nSPS) is 14.5. The second-order valence-electron chi connectivity index (χ2n) is 3.91. The van der Waals surface area contributed by atoms with Crippen molar-refractivity contribution in [2.45, 2.75) is 19.1 Å². The largest absolute Gasteiger partial charge is 0.332 e. The molecule has 2 N–H and O–H groups in total. The van der Waals surface area contributed by atoms with Gasteiger partial charge in [-0.25, -0.2) is 9.37 Å². The summed E-state index contributed by atoms with van der Waals surface area (Å²) in [7, 11) is 0. The van der Waals surface area contributed by atoms with Gasteiger partial charge in [-0.1, -0.05) is 30.3 Å². The van der Waals surface area contributed by atoms with Crippen molar-refractivity contribution in [1.29, 1.82) is 0 Å². The van der Waals surface area contributed by atoms with Gasteiger partial charge in [0.25, 0.3) is 0 Å². The third-order valence-corrected chi connectivity index (χ3v) is 2.92. The van der Waals surface area contributed by atoms with Crippen LogP contribution in [0.25, 0.3) is 0 Å². The predicted molar refractivity (Wildman–Crippen MR) is 65.3 cm³/mol. The summed E-state index contributed by atoms with van der Waals surface area (Å²) < 4.78 is 16.8. The summed E-state index contributed by atoms with van der Waals surface area (Å²) in [6.45, 7) is 2.51. The van der Waals surface area contributed by atoms with E-state index in [0.717, 1.165) is 0 Å². The second kappa shape index (κ2) is 4.67. The molecule has 1 aromatic carbocycles. The summed E-state index contributed by atoms with van der Waals surface area (Å²) in [5.41, 5.74) is 4.45. The Morgan fingerprint density at radius 2 is 2.06 bits per heavy atom. The molecule has 0 aliphatic carbocycles. The Balaban J connectivity index is 2.52.